The number of aromatic nitrogens is 1. The van der Waals surface area contributed by atoms with Crippen molar-refractivity contribution >= 4 is 28.5 Å². The second-order valence-corrected chi connectivity index (χ2v) is 6.68. The molecule has 0 saturated heterocycles. The van der Waals surface area contributed by atoms with E-state index in [0.717, 1.165) is 16.5 Å². The van der Waals surface area contributed by atoms with Crippen molar-refractivity contribution in [3.8, 4) is 0 Å². The van der Waals surface area contributed by atoms with Crippen molar-refractivity contribution in [1.29, 1.82) is 0 Å². The van der Waals surface area contributed by atoms with Crippen LogP contribution in [-0.4, -0.2) is 33.0 Å². The average Bonchev–Trinajstić information content (AvgIpc) is 2.74. The minimum absolute atomic E-state index is 0.0918. The molecule has 0 atom stereocenters. The van der Waals surface area contributed by atoms with Gasteiger partial charge in [-0.05, 0) is 38.5 Å². The third kappa shape index (κ3) is 3.99. The van der Waals surface area contributed by atoms with Crippen molar-refractivity contribution in [2.45, 2.75) is 39.3 Å². The van der Waals surface area contributed by atoms with E-state index >= 15 is 0 Å². The fourth-order valence-corrected chi connectivity index (χ4v) is 2.55. The summed E-state index contributed by atoms with van der Waals surface area (Å²) in [7, 11) is 0. The molecular weight excluding hydrogens is 288 g/mol. The van der Waals surface area contributed by atoms with Crippen LogP contribution in [0, 0.1) is 0 Å². The Kier molecular flexibility index (Phi) is 4.59. The molecule has 0 aliphatic heterocycles. The summed E-state index contributed by atoms with van der Waals surface area (Å²) in [5.74, 6) is -0.769. The lowest BCUT2D eigenvalue weighted by Crippen LogP contribution is -2.41. The van der Waals surface area contributed by atoms with Gasteiger partial charge in [0.05, 0.1) is 6.42 Å². The third-order valence-corrected chi connectivity index (χ3v) is 3.87. The highest BCUT2D eigenvalue weighted by Crippen LogP contribution is 2.25. The van der Waals surface area contributed by atoms with Gasteiger partial charge >= 0.3 is 5.97 Å². The van der Waals surface area contributed by atoms with Crippen LogP contribution in [0.4, 0.5) is 0 Å². The number of H-pyrrole nitrogens is 1. The van der Waals surface area contributed by atoms with Crippen LogP contribution < -0.4 is 0 Å². The van der Waals surface area contributed by atoms with Crippen molar-refractivity contribution in [1.82, 2.24) is 9.88 Å². The average molecular weight is 309 g/mol. The van der Waals surface area contributed by atoms with Gasteiger partial charge in [0.2, 0.25) is 0 Å². The van der Waals surface area contributed by atoms with Crippen LogP contribution in [0.25, 0.3) is 10.9 Å². The first-order valence-electron chi connectivity index (χ1n) is 7.00. The molecule has 2 aromatic rings. The lowest BCUT2D eigenvalue weighted by molar-refractivity contribution is -0.137. The van der Waals surface area contributed by atoms with Gasteiger partial charge in [0.15, 0.2) is 0 Å². The molecule has 0 aliphatic carbocycles. The molecule has 0 amide bonds. The van der Waals surface area contributed by atoms with E-state index in [1.54, 1.807) is 0 Å². The van der Waals surface area contributed by atoms with Crippen LogP contribution in [0.2, 0.25) is 5.02 Å². The zero-order valence-corrected chi connectivity index (χ0v) is 13.4. The zero-order valence-electron chi connectivity index (χ0n) is 12.6. The maximum atomic E-state index is 10.8. The molecule has 5 heteroatoms. The molecule has 0 unspecified atom stereocenters. The van der Waals surface area contributed by atoms with E-state index in [0.29, 0.717) is 18.1 Å². The summed E-state index contributed by atoms with van der Waals surface area (Å²) in [5, 5.41) is 10.7. The summed E-state index contributed by atoms with van der Waals surface area (Å²) in [6.45, 7) is 7.53. The molecule has 1 aromatic carbocycles. The molecule has 1 heterocycles. The fraction of sp³-hybridized carbons (Fsp3) is 0.438. The number of halogens is 1. The van der Waals surface area contributed by atoms with Crippen LogP contribution in [0.5, 0.6) is 0 Å². The minimum Gasteiger partial charge on any atom is -0.481 e. The van der Waals surface area contributed by atoms with Crippen LogP contribution >= 0.6 is 11.6 Å². The number of carboxylic acids is 1. The van der Waals surface area contributed by atoms with E-state index in [-0.39, 0.29) is 12.0 Å². The Balaban J connectivity index is 2.24. The van der Waals surface area contributed by atoms with Gasteiger partial charge in [-0.25, -0.2) is 0 Å². The van der Waals surface area contributed by atoms with E-state index in [1.807, 2.05) is 24.4 Å². The molecule has 0 saturated carbocycles. The number of rotatable bonds is 5. The molecule has 2 rings (SSSR count). The van der Waals surface area contributed by atoms with Gasteiger partial charge in [-0.2, -0.15) is 0 Å². The number of benzene rings is 1. The maximum Gasteiger partial charge on any atom is 0.304 e. The highest BCUT2D eigenvalue weighted by atomic mass is 35.5. The molecule has 2 N–H and O–H groups in total. The van der Waals surface area contributed by atoms with Crippen molar-refractivity contribution < 1.29 is 9.90 Å². The quantitative estimate of drug-likeness (QED) is 0.881. The highest BCUT2D eigenvalue weighted by molar-refractivity contribution is 6.31. The fourth-order valence-electron chi connectivity index (χ4n) is 2.38. The molecule has 0 spiro atoms. The van der Waals surface area contributed by atoms with Crippen molar-refractivity contribution in [2.24, 2.45) is 0 Å². The van der Waals surface area contributed by atoms with E-state index < -0.39 is 5.97 Å². The predicted molar refractivity (Wildman–Crippen MR) is 85.7 cm³/mol. The Morgan fingerprint density at radius 2 is 2.10 bits per heavy atom. The maximum absolute atomic E-state index is 10.8. The summed E-state index contributed by atoms with van der Waals surface area (Å²) in [5.41, 5.74) is 2.07. The van der Waals surface area contributed by atoms with Crippen LogP contribution in [0.3, 0.4) is 0 Å². The van der Waals surface area contributed by atoms with Gasteiger partial charge in [-0.15, -0.1) is 0 Å². The van der Waals surface area contributed by atoms with E-state index in [4.69, 9.17) is 16.7 Å². The molecule has 21 heavy (non-hydrogen) atoms. The first-order valence-corrected chi connectivity index (χ1v) is 7.37. The monoisotopic (exact) mass is 308 g/mol. The molecule has 0 bridgehead atoms. The Bertz CT molecular complexity index is 643. The smallest absolute Gasteiger partial charge is 0.304 e. The van der Waals surface area contributed by atoms with Crippen LogP contribution in [0.15, 0.2) is 24.4 Å². The molecule has 1 aromatic heterocycles. The number of carboxylic acid groups (broad SMARTS) is 1. The van der Waals surface area contributed by atoms with E-state index in [2.05, 4.69) is 30.7 Å². The predicted octanol–water partition coefficient (Wildman–Crippen LogP) is 3.90. The van der Waals surface area contributed by atoms with Gasteiger partial charge in [-0.3, -0.25) is 9.69 Å². The number of aliphatic carboxylic acids is 1. The topological polar surface area (TPSA) is 56.3 Å². The first kappa shape index (κ1) is 15.9. The minimum atomic E-state index is -0.769. The van der Waals surface area contributed by atoms with E-state index in [9.17, 15) is 4.79 Å². The van der Waals surface area contributed by atoms with Gasteiger partial charge in [-0.1, -0.05) is 17.7 Å². The second kappa shape index (κ2) is 6.08. The summed E-state index contributed by atoms with van der Waals surface area (Å²) in [6, 6.07) is 5.78. The zero-order chi connectivity index (χ0) is 15.6. The number of nitrogens with zero attached hydrogens (tertiary/aromatic N) is 1. The number of fused-ring (bicyclic) bond motifs is 1. The lowest BCUT2D eigenvalue weighted by Gasteiger charge is -2.35. The number of aromatic amines is 1. The van der Waals surface area contributed by atoms with Crippen LogP contribution in [0.1, 0.15) is 32.8 Å². The van der Waals surface area contributed by atoms with Gasteiger partial charge < -0.3 is 10.1 Å². The Hall–Kier alpha value is -1.52. The standard InChI is InChI=1S/C16H21ClN2O2/c1-16(2,3)19(7-6-15(20)21)10-11-9-18-14-8-12(17)4-5-13(11)14/h4-5,8-9,18H,6-7,10H2,1-3H3,(H,20,21). The molecule has 0 radical (unpaired) electrons. The number of carbonyl (C=O) groups is 1. The SMILES string of the molecule is CC(C)(C)N(CCC(=O)O)Cc1c[nH]c2cc(Cl)ccc12. The third-order valence-electron chi connectivity index (χ3n) is 3.63. The molecule has 114 valence electrons. The highest BCUT2D eigenvalue weighted by Gasteiger charge is 2.23. The molecule has 0 fully saturated rings. The van der Waals surface area contributed by atoms with E-state index in [1.165, 1.54) is 0 Å². The normalized spacial score (nSPS) is 12.2. The largest absolute Gasteiger partial charge is 0.481 e. The summed E-state index contributed by atoms with van der Waals surface area (Å²) in [4.78, 5) is 16.2. The number of hydrogen-bond donors (Lipinski definition) is 2. The van der Waals surface area contributed by atoms with Crippen molar-refractivity contribution in [3.63, 3.8) is 0 Å². The van der Waals surface area contributed by atoms with Gasteiger partial charge in [0.1, 0.15) is 0 Å². The molecule has 0 aliphatic rings. The van der Waals surface area contributed by atoms with Gasteiger partial charge in [0.25, 0.3) is 0 Å². The summed E-state index contributed by atoms with van der Waals surface area (Å²) < 4.78 is 0. The lowest BCUT2D eigenvalue weighted by atomic mass is 10.0. The Morgan fingerprint density at radius 1 is 1.38 bits per heavy atom. The molecular formula is C16H21ClN2O2. The molecule has 4 nitrogen and oxygen atoms in total. The number of nitrogens with one attached hydrogen (secondary N) is 1. The van der Waals surface area contributed by atoms with Crippen molar-refractivity contribution in [2.75, 3.05) is 6.54 Å². The van der Waals surface area contributed by atoms with Crippen molar-refractivity contribution in [3.05, 3.63) is 35.0 Å². The van der Waals surface area contributed by atoms with Gasteiger partial charge in [0, 0.05) is 40.8 Å². The second-order valence-electron chi connectivity index (χ2n) is 6.24. The number of hydrogen-bond acceptors (Lipinski definition) is 2. The summed E-state index contributed by atoms with van der Waals surface area (Å²) >= 11 is 6.00. The summed E-state index contributed by atoms with van der Waals surface area (Å²) in [6.07, 6.45) is 2.12. The Labute approximate surface area is 129 Å². The Morgan fingerprint density at radius 3 is 2.71 bits per heavy atom. The van der Waals surface area contributed by atoms with Crippen LogP contribution in [-0.2, 0) is 11.3 Å². The first-order chi connectivity index (χ1) is 9.77.